The van der Waals surface area contributed by atoms with Gasteiger partial charge in [-0.3, -0.25) is 0 Å². The fourth-order valence-corrected chi connectivity index (χ4v) is 5.51. The Morgan fingerprint density at radius 2 is 1.69 bits per heavy atom. The van der Waals surface area contributed by atoms with Crippen LogP contribution in [0.4, 0.5) is 13.2 Å². The van der Waals surface area contributed by atoms with Crippen molar-refractivity contribution in [3.8, 4) is 11.8 Å². The molecule has 2 fully saturated rings. The third-order valence-electron chi connectivity index (χ3n) is 7.31. The number of fused-ring (bicyclic) bond motifs is 1. The van der Waals surface area contributed by atoms with E-state index in [4.69, 9.17) is 10.00 Å². The smallest absolute Gasteiger partial charge is 0.343 e. The predicted octanol–water partition coefficient (Wildman–Crippen LogP) is 6.90. The van der Waals surface area contributed by atoms with Crippen LogP contribution in [0.3, 0.4) is 0 Å². The topological polar surface area (TPSA) is 50.1 Å². The number of hydrogen-bond donors (Lipinski definition) is 0. The molecule has 0 radical (unpaired) electrons. The molecule has 0 bridgehead atoms. The maximum Gasteiger partial charge on any atom is 0.343 e. The van der Waals surface area contributed by atoms with Crippen LogP contribution in [0.5, 0.6) is 5.75 Å². The zero-order chi connectivity index (χ0) is 22.8. The molecule has 0 aromatic heterocycles. The van der Waals surface area contributed by atoms with Crippen molar-refractivity contribution in [1.82, 2.24) is 0 Å². The molecule has 168 valence electrons. The van der Waals surface area contributed by atoms with Crippen LogP contribution in [-0.2, 0) is 0 Å². The van der Waals surface area contributed by atoms with Gasteiger partial charge < -0.3 is 4.74 Å². The summed E-state index contributed by atoms with van der Waals surface area (Å²) >= 11 is 0. The van der Waals surface area contributed by atoms with E-state index < -0.39 is 29.0 Å². The molecular weight excluding hydrogens is 415 g/mol. The van der Waals surface area contributed by atoms with Crippen molar-refractivity contribution in [3.63, 3.8) is 0 Å². The zero-order valence-corrected chi connectivity index (χ0v) is 18.0. The third-order valence-corrected chi connectivity index (χ3v) is 7.31. The number of nitriles is 1. The van der Waals surface area contributed by atoms with E-state index in [1.54, 1.807) is 6.07 Å². The van der Waals surface area contributed by atoms with Crippen LogP contribution in [0.25, 0.3) is 0 Å². The van der Waals surface area contributed by atoms with Gasteiger partial charge in [0.1, 0.15) is 34.8 Å². The lowest BCUT2D eigenvalue weighted by atomic mass is 9.63. The third kappa shape index (κ3) is 4.53. The summed E-state index contributed by atoms with van der Waals surface area (Å²) in [6.07, 6.45) is 8.04. The number of benzene rings is 2. The maximum absolute atomic E-state index is 14.9. The van der Waals surface area contributed by atoms with Gasteiger partial charge >= 0.3 is 5.97 Å². The quantitative estimate of drug-likeness (QED) is 0.383. The van der Waals surface area contributed by atoms with Crippen molar-refractivity contribution in [2.75, 3.05) is 0 Å². The van der Waals surface area contributed by atoms with E-state index >= 15 is 0 Å². The average molecular weight is 441 g/mol. The van der Waals surface area contributed by atoms with Gasteiger partial charge in [0.05, 0.1) is 5.56 Å². The summed E-state index contributed by atoms with van der Waals surface area (Å²) in [4.78, 5) is 12.4. The molecule has 0 saturated heterocycles. The second-order valence-electron chi connectivity index (χ2n) is 9.12. The molecule has 0 amide bonds. The minimum Gasteiger partial charge on any atom is -0.423 e. The van der Waals surface area contributed by atoms with Gasteiger partial charge in [-0.25, -0.2) is 18.0 Å². The van der Waals surface area contributed by atoms with Gasteiger partial charge in [0.25, 0.3) is 0 Å². The number of halogens is 3. The largest absolute Gasteiger partial charge is 0.423 e. The Morgan fingerprint density at radius 3 is 2.34 bits per heavy atom. The van der Waals surface area contributed by atoms with E-state index in [2.05, 4.69) is 6.92 Å². The Labute approximate surface area is 186 Å². The fourth-order valence-electron chi connectivity index (χ4n) is 5.51. The van der Waals surface area contributed by atoms with Gasteiger partial charge in [0.2, 0.25) is 0 Å². The SMILES string of the molecule is CCC1CCC2CC(c3ccc(C(=O)Oc4cc(F)c(C#N)c(F)c4)cc3F)CCC2C1. The predicted molar refractivity (Wildman–Crippen MR) is 114 cm³/mol. The summed E-state index contributed by atoms with van der Waals surface area (Å²) in [6, 6.07) is 7.19. The normalized spacial score (nSPS) is 25.0. The Hall–Kier alpha value is -2.81. The highest BCUT2D eigenvalue weighted by atomic mass is 19.1. The number of esters is 1. The van der Waals surface area contributed by atoms with E-state index in [0.717, 1.165) is 49.3 Å². The molecule has 4 rings (SSSR count). The zero-order valence-electron chi connectivity index (χ0n) is 18.0. The number of carbonyl (C=O) groups is 1. The molecule has 0 aliphatic heterocycles. The first-order chi connectivity index (χ1) is 15.4. The summed E-state index contributed by atoms with van der Waals surface area (Å²) in [5, 5.41) is 8.72. The van der Waals surface area contributed by atoms with Crippen LogP contribution >= 0.6 is 0 Å². The highest BCUT2D eigenvalue weighted by Gasteiger charge is 2.36. The van der Waals surface area contributed by atoms with Crippen LogP contribution in [-0.4, -0.2) is 5.97 Å². The van der Waals surface area contributed by atoms with Crippen molar-refractivity contribution < 1.29 is 22.7 Å². The van der Waals surface area contributed by atoms with Crippen LogP contribution in [0.15, 0.2) is 30.3 Å². The van der Waals surface area contributed by atoms with Gasteiger partial charge in [-0.05, 0) is 73.5 Å². The molecular formula is C26H26F3NO2. The minimum absolute atomic E-state index is 0.0337. The average Bonchev–Trinajstić information content (AvgIpc) is 2.78. The minimum atomic E-state index is -1.12. The van der Waals surface area contributed by atoms with E-state index in [9.17, 15) is 18.0 Å². The molecule has 0 spiro atoms. The van der Waals surface area contributed by atoms with Gasteiger partial charge in [0, 0.05) is 12.1 Å². The molecule has 2 aliphatic rings. The van der Waals surface area contributed by atoms with Gasteiger partial charge in [-0.1, -0.05) is 25.8 Å². The van der Waals surface area contributed by atoms with Crippen LogP contribution < -0.4 is 4.74 Å². The van der Waals surface area contributed by atoms with E-state index in [-0.39, 0.29) is 17.2 Å². The summed E-state index contributed by atoms with van der Waals surface area (Å²) in [5.41, 5.74) is -0.167. The van der Waals surface area contributed by atoms with E-state index in [1.807, 2.05) is 0 Å². The first kappa shape index (κ1) is 22.4. The number of hydrogen-bond acceptors (Lipinski definition) is 3. The van der Waals surface area contributed by atoms with Crippen molar-refractivity contribution in [1.29, 1.82) is 5.26 Å². The molecule has 2 saturated carbocycles. The van der Waals surface area contributed by atoms with Crippen molar-refractivity contribution >= 4 is 5.97 Å². The Bertz CT molecular complexity index is 1040. The van der Waals surface area contributed by atoms with Crippen LogP contribution in [0.2, 0.25) is 0 Å². The molecule has 2 aromatic carbocycles. The standard InChI is InChI=1S/C26H26F3NO2/c1-2-15-3-4-17-10-18(6-5-16(17)9-15)21-8-7-19(11-23(21)27)26(31)32-20-12-24(28)22(14-30)25(29)13-20/h7-8,11-13,15-18H,2-6,9-10H2,1H3. The summed E-state index contributed by atoms with van der Waals surface area (Å²) in [6.45, 7) is 2.26. The number of carbonyl (C=O) groups excluding carboxylic acids is 1. The lowest BCUT2D eigenvalue weighted by Crippen LogP contribution is -2.30. The van der Waals surface area contributed by atoms with Crippen molar-refractivity contribution in [3.05, 3.63) is 64.5 Å². The molecule has 2 aliphatic carbocycles. The van der Waals surface area contributed by atoms with Gasteiger partial charge in [-0.2, -0.15) is 5.26 Å². The van der Waals surface area contributed by atoms with Crippen LogP contribution in [0, 0.1) is 46.5 Å². The molecule has 32 heavy (non-hydrogen) atoms. The Balaban J connectivity index is 1.45. The van der Waals surface area contributed by atoms with Crippen molar-refractivity contribution in [2.24, 2.45) is 17.8 Å². The highest BCUT2D eigenvalue weighted by molar-refractivity contribution is 5.91. The summed E-state index contributed by atoms with van der Waals surface area (Å²) < 4.78 is 47.4. The lowest BCUT2D eigenvalue weighted by molar-refractivity contribution is 0.0733. The monoisotopic (exact) mass is 441 g/mol. The summed E-state index contributed by atoms with van der Waals surface area (Å²) in [5.74, 6) is -1.65. The lowest BCUT2D eigenvalue weighted by Gasteiger charge is -2.42. The van der Waals surface area contributed by atoms with Crippen molar-refractivity contribution in [2.45, 2.75) is 57.8 Å². The molecule has 4 unspecified atom stereocenters. The molecule has 2 aromatic rings. The van der Waals surface area contributed by atoms with E-state index in [1.165, 1.54) is 37.8 Å². The Morgan fingerprint density at radius 1 is 1.00 bits per heavy atom. The first-order valence-electron chi connectivity index (χ1n) is 11.3. The van der Waals surface area contributed by atoms with Crippen LogP contribution in [0.1, 0.15) is 79.3 Å². The molecule has 6 heteroatoms. The second kappa shape index (κ2) is 9.36. The number of nitrogens with zero attached hydrogens (tertiary/aromatic N) is 1. The molecule has 3 nitrogen and oxygen atoms in total. The Kier molecular flexibility index (Phi) is 6.55. The fraction of sp³-hybridized carbons (Fsp3) is 0.462. The van der Waals surface area contributed by atoms with Gasteiger partial charge in [-0.15, -0.1) is 0 Å². The second-order valence-corrected chi connectivity index (χ2v) is 9.12. The highest BCUT2D eigenvalue weighted by Crippen LogP contribution is 2.48. The molecule has 4 atom stereocenters. The number of ether oxygens (including phenoxy) is 1. The van der Waals surface area contributed by atoms with Gasteiger partial charge in [0.15, 0.2) is 0 Å². The summed E-state index contributed by atoms with van der Waals surface area (Å²) in [7, 11) is 0. The molecule has 0 N–H and O–H groups in total. The number of rotatable bonds is 4. The van der Waals surface area contributed by atoms with E-state index in [0.29, 0.717) is 11.5 Å². The first-order valence-corrected chi connectivity index (χ1v) is 11.3. The maximum atomic E-state index is 14.9. The molecule has 0 heterocycles.